The third kappa shape index (κ3) is 2.28. The minimum atomic E-state index is -0.676. The molecule has 88 valence electrons. The first-order valence-electron chi connectivity index (χ1n) is 4.46. The van der Waals surface area contributed by atoms with Crippen LogP contribution < -0.4 is 5.56 Å². The van der Waals surface area contributed by atoms with Crippen LogP contribution >= 0.6 is 15.9 Å². The molecule has 5 nitrogen and oxygen atoms in total. The fourth-order valence-electron chi connectivity index (χ4n) is 1.29. The van der Waals surface area contributed by atoms with Crippen molar-refractivity contribution in [2.75, 3.05) is 0 Å². The molecule has 0 aliphatic carbocycles. The monoisotopic (exact) mass is 300 g/mol. The highest BCUT2D eigenvalue weighted by molar-refractivity contribution is 9.10. The van der Waals surface area contributed by atoms with Crippen LogP contribution in [0.25, 0.3) is 11.4 Å². The number of hydrogen-bond donors (Lipinski definition) is 3. The molecular formula is C10H6BrFN2O3. The summed E-state index contributed by atoms with van der Waals surface area (Å²) in [6.07, 6.45) is 0. The predicted octanol–water partition coefficient (Wildman–Crippen LogP) is 1.75. The SMILES string of the molecule is O=c1[nH]c(-c2cc(O)cc(F)c2)nc(O)c1Br. The van der Waals surface area contributed by atoms with Gasteiger partial charge in [-0.15, -0.1) is 0 Å². The lowest BCUT2D eigenvalue weighted by Gasteiger charge is -2.03. The van der Waals surface area contributed by atoms with Crippen LogP contribution in [0.1, 0.15) is 0 Å². The van der Waals surface area contributed by atoms with Crippen molar-refractivity contribution in [3.05, 3.63) is 38.8 Å². The van der Waals surface area contributed by atoms with E-state index in [1.54, 1.807) is 0 Å². The van der Waals surface area contributed by atoms with E-state index in [4.69, 9.17) is 0 Å². The second-order valence-electron chi connectivity index (χ2n) is 3.25. The van der Waals surface area contributed by atoms with Gasteiger partial charge in [0, 0.05) is 11.6 Å². The van der Waals surface area contributed by atoms with E-state index in [0.717, 1.165) is 12.1 Å². The molecule has 0 atom stereocenters. The van der Waals surface area contributed by atoms with Crippen molar-refractivity contribution < 1.29 is 14.6 Å². The Labute approximate surface area is 103 Å². The van der Waals surface area contributed by atoms with E-state index in [1.165, 1.54) is 6.07 Å². The minimum absolute atomic E-state index is 0.0366. The molecule has 2 rings (SSSR count). The van der Waals surface area contributed by atoms with Gasteiger partial charge in [0.25, 0.3) is 5.56 Å². The smallest absolute Gasteiger partial charge is 0.269 e. The zero-order valence-electron chi connectivity index (χ0n) is 8.24. The molecule has 1 aromatic carbocycles. The molecule has 0 aliphatic heterocycles. The summed E-state index contributed by atoms with van der Waals surface area (Å²) in [5, 5.41) is 18.6. The zero-order chi connectivity index (χ0) is 12.6. The predicted molar refractivity (Wildman–Crippen MR) is 61.3 cm³/mol. The summed E-state index contributed by atoms with van der Waals surface area (Å²) in [6, 6.07) is 3.21. The zero-order valence-corrected chi connectivity index (χ0v) is 9.82. The number of nitrogens with one attached hydrogen (secondary N) is 1. The fraction of sp³-hybridized carbons (Fsp3) is 0. The fourth-order valence-corrected chi connectivity index (χ4v) is 1.48. The summed E-state index contributed by atoms with van der Waals surface area (Å²) in [4.78, 5) is 17.3. The van der Waals surface area contributed by atoms with Gasteiger partial charge in [0.1, 0.15) is 21.9 Å². The number of halogens is 2. The van der Waals surface area contributed by atoms with Gasteiger partial charge in [0.05, 0.1) is 0 Å². The Hall–Kier alpha value is -1.89. The van der Waals surface area contributed by atoms with Crippen LogP contribution in [-0.2, 0) is 0 Å². The van der Waals surface area contributed by atoms with Gasteiger partial charge in [0.15, 0.2) is 0 Å². The van der Waals surface area contributed by atoms with Crippen molar-refractivity contribution in [2.24, 2.45) is 0 Å². The van der Waals surface area contributed by atoms with Gasteiger partial charge in [-0.05, 0) is 28.1 Å². The van der Waals surface area contributed by atoms with E-state index < -0.39 is 17.3 Å². The van der Waals surface area contributed by atoms with Crippen LogP contribution in [0.3, 0.4) is 0 Å². The van der Waals surface area contributed by atoms with E-state index in [9.17, 15) is 19.4 Å². The molecule has 2 aromatic rings. The second-order valence-corrected chi connectivity index (χ2v) is 4.04. The van der Waals surface area contributed by atoms with E-state index in [1.807, 2.05) is 0 Å². The Morgan fingerprint density at radius 3 is 2.59 bits per heavy atom. The maximum atomic E-state index is 13.0. The number of aromatic nitrogens is 2. The summed E-state index contributed by atoms with van der Waals surface area (Å²) in [5.41, 5.74) is -0.446. The number of phenolic OH excluding ortho intramolecular Hbond substituents is 1. The van der Waals surface area contributed by atoms with Crippen molar-refractivity contribution in [3.8, 4) is 23.0 Å². The van der Waals surface area contributed by atoms with Crippen LogP contribution in [0.4, 0.5) is 4.39 Å². The first-order chi connectivity index (χ1) is 7.97. The average molecular weight is 301 g/mol. The largest absolute Gasteiger partial charge is 0.508 e. The van der Waals surface area contributed by atoms with Gasteiger partial charge < -0.3 is 15.2 Å². The molecule has 0 saturated carbocycles. The molecule has 0 amide bonds. The number of nitrogens with zero attached hydrogens (tertiary/aromatic N) is 1. The van der Waals surface area contributed by atoms with Crippen LogP contribution in [0, 0.1) is 5.82 Å². The van der Waals surface area contributed by atoms with Crippen LogP contribution in [0.2, 0.25) is 0 Å². The standard InChI is InChI=1S/C10H6BrFN2O3/c11-7-9(16)13-8(14-10(7)17)4-1-5(12)3-6(15)2-4/h1-3,15H,(H2,13,14,16,17). The Kier molecular flexibility index (Phi) is 2.84. The van der Waals surface area contributed by atoms with E-state index >= 15 is 0 Å². The van der Waals surface area contributed by atoms with Crippen LogP contribution in [0.5, 0.6) is 11.6 Å². The highest BCUT2D eigenvalue weighted by Crippen LogP contribution is 2.24. The molecule has 1 aromatic heterocycles. The van der Waals surface area contributed by atoms with Crippen molar-refractivity contribution >= 4 is 15.9 Å². The number of hydrogen-bond acceptors (Lipinski definition) is 4. The Morgan fingerprint density at radius 1 is 1.29 bits per heavy atom. The number of aromatic amines is 1. The summed E-state index contributed by atoms with van der Waals surface area (Å²) < 4.78 is 12.9. The van der Waals surface area contributed by atoms with E-state index in [2.05, 4.69) is 25.9 Å². The second kappa shape index (κ2) is 4.17. The summed E-state index contributed by atoms with van der Waals surface area (Å²) in [5.74, 6) is -1.52. The number of aromatic hydroxyl groups is 2. The van der Waals surface area contributed by atoms with Crippen LogP contribution in [-0.4, -0.2) is 20.2 Å². The molecule has 3 N–H and O–H groups in total. The molecule has 0 fully saturated rings. The molecule has 0 spiro atoms. The number of phenols is 1. The number of benzene rings is 1. The Balaban J connectivity index is 2.65. The summed E-state index contributed by atoms with van der Waals surface area (Å²) >= 11 is 2.84. The van der Waals surface area contributed by atoms with Gasteiger partial charge in [-0.1, -0.05) is 0 Å². The number of H-pyrrole nitrogens is 1. The third-order valence-electron chi connectivity index (χ3n) is 2.00. The van der Waals surface area contributed by atoms with Gasteiger partial charge in [-0.25, -0.2) is 4.39 Å². The van der Waals surface area contributed by atoms with Crippen molar-refractivity contribution in [1.82, 2.24) is 9.97 Å². The highest BCUT2D eigenvalue weighted by atomic mass is 79.9. The van der Waals surface area contributed by atoms with Gasteiger partial charge in [0.2, 0.25) is 5.88 Å². The van der Waals surface area contributed by atoms with Gasteiger partial charge in [-0.2, -0.15) is 4.98 Å². The highest BCUT2D eigenvalue weighted by Gasteiger charge is 2.10. The third-order valence-corrected chi connectivity index (χ3v) is 2.72. The Bertz CT molecular complexity index is 622. The lowest BCUT2D eigenvalue weighted by atomic mass is 10.2. The molecule has 17 heavy (non-hydrogen) atoms. The molecule has 7 heteroatoms. The van der Waals surface area contributed by atoms with Gasteiger partial charge >= 0.3 is 0 Å². The molecule has 0 unspecified atom stereocenters. The summed E-state index contributed by atoms with van der Waals surface area (Å²) in [7, 11) is 0. The molecule has 1 heterocycles. The number of rotatable bonds is 1. The maximum absolute atomic E-state index is 13.0. The lowest BCUT2D eigenvalue weighted by Crippen LogP contribution is -2.09. The molecule has 0 saturated heterocycles. The van der Waals surface area contributed by atoms with Gasteiger partial charge in [-0.3, -0.25) is 4.79 Å². The summed E-state index contributed by atoms with van der Waals surface area (Å²) in [6.45, 7) is 0. The topological polar surface area (TPSA) is 86.2 Å². The Morgan fingerprint density at radius 2 is 2.00 bits per heavy atom. The average Bonchev–Trinajstić information content (AvgIpc) is 2.23. The van der Waals surface area contributed by atoms with E-state index in [-0.39, 0.29) is 21.6 Å². The molecule has 0 aliphatic rings. The molecule has 0 bridgehead atoms. The minimum Gasteiger partial charge on any atom is -0.508 e. The first kappa shape index (κ1) is 11.6. The van der Waals surface area contributed by atoms with Crippen LogP contribution in [0.15, 0.2) is 27.5 Å². The van der Waals surface area contributed by atoms with Crippen molar-refractivity contribution in [2.45, 2.75) is 0 Å². The normalized spacial score (nSPS) is 10.5. The van der Waals surface area contributed by atoms with Crippen molar-refractivity contribution in [1.29, 1.82) is 0 Å². The molecular weight excluding hydrogens is 295 g/mol. The molecule has 0 radical (unpaired) electrons. The first-order valence-corrected chi connectivity index (χ1v) is 5.25. The lowest BCUT2D eigenvalue weighted by molar-refractivity contribution is 0.447. The van der Waals surface area contributed by atoms with E-state index in [0.29, 0.717) is 0 Å². The quantitative estimate of drug-likeness (QED) is 0.749. The maximum Gasteiger partial charge on any atom is 0.269 e. The van der Waals surface area contributed by atoms with Crippen molar-refractivity contribution in [3.63, 3.8) is 0 Å².